The zero-order valence-corrected chi connectivity index (χ0v) is 18.6. The van der Waals surface area contributed by atoms with Crippen molar-refractivity contribution in [1.29, 1.82) is 0 Å². The van der Waals surface area contributed by atoms with E-state index in [-0.39, 0.29) is 30.0 Å². The number of alkyl halides is 3. The molecule has 1 N–H and O–H groups in total. The highest BCUT2D eigenvalue weighted by atomic mass is 32.2. The number of nitrogens with zero attached hydrogens (tertiary/aromatic N) is 1. The van der Waals surface area contributed by atoms with Crippen LogP contribution in [0.25, 0.3) is 0 Å². The van der Waals surface area contributed by atoms with Crippen molar-refractivity contribution in [3.8, 4) is 0 Å². The molecule has 0 radical (unpaired) electrons. The smallest absolute Gasteiger partial charge is 0.416 e. The van der Waals surface area contributed by atoms with Crippen molar-refractivity contribution in [2.75, 3.05) is 25.5 Å². The molecule has 0 spiro atoms. The summed E-state index contributed by atoms with van der Waals surface area (Å²) < 4.78 is 70.3. The first kappa shape index (κ1) is 24.7. The lowest BCUT2D eigenvalue weighted by Crippen LogP contribution is -2.42. The summed E-state index contributed by atoms with van der Waals surface area (Å²) in [6, 6.07) is 9.96. The minimum atomic E-state index is -4.50. The fourth-order valence-electron chi connectivity index (χ4n) is 3.63. The van der Waals surface area contributed by atoms with Crippen LogP contribution in [0.4, 0.5) is 18.9 Å². The molecule has 1 atom stereocenters. The molecule has 1 saturated heterocycles. The van der Waals surface area contributed by atoms with Gasteiger partial charge in [-0.15, -0.1) is 0 Å². The largest absolute Gasteiger partial charge is 0.469 e. The predicted octanol–water partition coefficient (Wildman–Crippen LogP) is 3.46. The van der Waals surface area contributed by atoms with Gasteiger partial charge >= 0.3 is 12.1 Å². The number of piperidine rings is 1. The summed E-state index contributed by atoms with van der Waals surface area (Å²) in [5, 5.41) is 2.55. The van der Waals surface area contributed by atoms with Crippen molar-refractivity contribution in [3.05, 3.63) is 59.7 Å². The summed E-state index contributed by atoms with van der Waals surface area (Å²) in [6.07, 6.45) is -3.69. The van der Waals surface area contributed by atoms with Crippen LogP contribution < -0.4 is 5.32 Å². The van der Waals surface area contributed by atoms with Crippen LogP contribution in [0.5, 0.6) is 0 Å². The molecule has 1 aliphatic heterocycles. The normalized spacial score (nSPS) is 17.4. The fraction of sp³-hybridized carbons (Fsp3) is 0.364. The van der Waals surface area contributed by atoms with Gasteiger partial charge in [-0.2, -0.15) is 17.5 Å². The van der Waals surface area contributed by atoms with E-state index in [0.717, 1.165) is 12.1 Å². The molecule has 2 aromatic carbocycles. The number of halogens is 3. The zero-order valence-electron chi connectivity index (χ0n) is 17.8. The van der Waals surface area contributed by atoms with Crippen LogP contribution >= 0.6 is 0 Å². The van der Waals surface area contributed by atoms with Crippen LogP contribution in [0.3, 0.4) is 0 Å². The van der Waals surface area contributed by atoms with E-state index in [1.54, 1.807) is 0 Å². The number of amides is 1. The van der Waals surface area contributed by atoms with Crippen LogP contribution in [0.15, 0.2) is 53.4 Å². The maximum atomic E-state index is 12.9. The van der Waals surface area contributed by atoms with Crippen molar-refractivity contribution in [1.82, 2.24) is 4.31 Å². The van der Waals surface area contributed by atoms with Gasteiger partial charge in [0.05, 0.1) is 29.9 Å². The molecule has 0 bridgehead atoms. The number of hydrogen-bond donors (Lipinski definition) is 1. The topological polar surface area (TPSA) is 92.8 Å². The van der Waals surface area contributed by atoms with E-state index >= 15 is 0 Å². The lowest BCUT2D eigenvalue weighted by molar-refractivity contribution is -0.146. The van der Waals surface area contributed by atoms with Crippen LogP contribution in [0, 0.1) is 5.92 Å². The van der Waals surface area contributed by atoms with Gasteiger partial charge in [0.2, 0.25) is 15.9 Å². The molecule has 0 unspecified atom stereocenters. The minimum Gasteiger partial charge on any atom is -0.469 e. The Morgan fingerprint density at radius 2 is 1.85 bits per heavy atom. The molecular formula is C22H23F3N2O5S. The molecule has 7 nitrogen and oxygen atoms in total. The molecule has 0 saturated carbocycles. The van der Waals surface area contributed by atoms with E-state index in [1.807, 2.05) is 0 Å². The number of hydrogen-bond acceptors (Lipinski definition) is 5. The number of anilines is 1. The van der Waals surface area contributed by atoms with Gasteiger partial charge in [0.15, 0.2) is 0 Å². The highest BCUT2D eigenvalue weighted by Crippen LogP contribution is 2.30. The van der Waals surface area contributed by atoms with Gasteiger partial charge in [0.1, 0.15) is 0 Å². The van der Waals surface area contributed by atoms with E-state index in [0.29, 0.717) is 18.5 Å². The predicted molar refractivity (Wildman–Crippen MR) is 114 cm³/mol. The molecule has 1 amide bonds. The molecule has 1 heterocycles. The number of nitrogens with one attached hydrogen (secondary N) is 1. The van der Waals surface area contributed by atoms with Crippen molar-refractivity contribution in [3.63, 3.8) is 0 Å². The summed E-state index contributed by atoms with van der Waals surface area (Å²) in [4.78, 5) is 24.0. The maximum Gasteiger partial charge on any atom is 0.416 e. The third-order valence-corrected chi connectivity index (χ3v) is 7.19. The average Bonchev–Trinajstić information content (AvgIpc) is 2.78. The molecular weight excluding hydrogens is 461 g/mol. The van der Waals surface area contributed by atoms with Crippen molar-refractivity contribution >= 4 is 27.6 Å². The second-order valence-corrected chi connectivity index (χ2v) is 9.61. The Kier molecular flexibility index (Phi) is 7.43. The van der Waals surface area contributed by atoms with Crippen LogP contribution in [-0.4, -0.2) is 44.8 Å². The van der Waals surface area contributed by atoms with E-state index in [9.17, 15) is 31.2 Å². The first-order chi connectivity index (χ1) is 15.5. The Bertz CT molecular complexity index is 1120. The highest BCUT2D eigenvalue weighted by molar-refractivity contribution is 7.89. The van der Waals surface area contributed by atoms with Crippen molar-refractivity contribution in [2.45, 2.75) is 30.3 Å². The highest BCUT2D eigenvalue weighted by Gasteiger charge is 2.34. The molecule has 0 aliphatic carbocycles. The molecule has 1 aliphatic rings. The summed E-state index contributed by atoms with van der Waals surface area (Å²) in [6.45, 7) is 0.315. The number of carbonyl (C=O) groups excluding carboxylic acids is 2. The number of sulfonamides is 1. The molecule has 1 fully saturated rings. The van der Waals surface area contributed by atoms with E-state index < -0.39 is 39.6 Å². The zero-order chi connectivity index (χ0) is 24.2. The van der Waals surface area contributed by atoms with E-state index in [2.05, 4.69) is 5.32 Å². The lowest BCUT2D eigenvalue weighted by atomic mass is 10.0. The quantitative estimate of drug-likeness (QED) is 0.634. The first-order valence-corrected chi connectivity index (χ1v) is 11.6. The number of methoxy groups -OCH3 is 1. The second-order valence-electron chi connectivity index (χ2n) is 7.67. The molecule has 178 valence electrons. The average molecular weight is 484 g/mol. The van der Waals surface area contributed by atoms with E-state index in [4.69, 9.17) is 4.74 Å². The van der Waals surface area contributed by atoms with Gasteiger partial charge in [-0.25, -0.2) is 8.42 Å². The molecule has 3 rings (SSSR count). The lowest BCUT2D eigenvalue weighted by Gasteiger charge is -2.30. The number of esters is 1. The standard InChI is InChI=1S/C22H23F3N2O5S/c1-32-21(29)16-5-3-11-27(14-16)33(30,31)19-9-7-18(8-10-19)26-20(28)13-15-4-2-6-17(12-15)22(23,24)25/h2,4,6-10,12,16H,3,5,11,13-14H2,1H3,(H,26,28)/t16-/m1/s1. The minimum absolute atomic E-state index is 0.00360. The Hall–Kier alpha value is -2.92. The SMILES string of the molecule is COC(=O)[C@@H]1CCCN(S(=O)(=O)c2ccc(NC(=O)Cc3cccc(C(F)(F)F)c3)cc2)C1. The van der Waals surface area contributed by atoms with Gasteiger partial charge in [-0.3, -0.25) is 9.59 Å². The van der Waals surface area contributed by atoms with E-state index in [1.165, 1.54) is 47.8 Å². The molecule has 2 aromatic rings. The number of ether oxygens (including phenoxy) is 1. The fourth-order valence-corrected chi connectivity index (χ4v) is 5.15. The van der Waals surface area contributed by atoms with Crippen molar-refractivity contribution < 1.29 is 35.9 Å². The summed E-state index contributed by atoms with van der Waals surface area (Å²) >= 11 is 0. The van der Waals surface area contributed by atoms with Gasteiger partial charge in [-0.1, -0.05) is 18.2 Å². The second kappa shape index (κ2) is 9.92. The van der Waals surface area contributed by atoms with Crippen LogP contribution in [0.2, 0.25) is 0 Å². The number of carbonyl (C=O) groups is 2. The molecule has 33 heavy (non-hydrogen) atoms. The van der Waals surface area contributed by atoms with Gasteiger partial charge < -0.3 is 10.1 Å². The Balaban J connectivity index is 1.65. The van der Waals surface area contributed by atoms with Crippen LogP contribution in [-0.2, 0) is 36.9 Å². The monoisotopic (exact) mass is 484 g/mol. The Labute approximate surface area is 189 Å². The third-order valence-electron chi connectivity index (χ3n) is 5.31. The maximum absolute atomic E-state index is 12.9. The van der Waals surface area contributed by atoms with Gasteiger partial charge in [0.25, 0.3) is 0 Å². The molecule has 11 heteroatoms. The molecule has 0 aromatic heterocycles. The summed E-state index contributed by atoms with van der Waals surface area (Å²) in [5.41, 5.74) is -0.335. The summed E-state index contributed by atoms with van der Waals surface area (Å²) in [5.74, 6) is -1.51. The third kappa shape index (κ3) is 6.11. The van der Waals surface area contributed by atoms with Gasteiger partial charge in [0, 0.05) is 18.8 Å². The number of benzene rings is 2. The van der Waals surface area contributed by atoms with Crippen molar-refractivity contribution in [2.24, 2.45) is 5.92 Å². The van der Waals surface area contributed by atoms with Gasteiger partial charge in [-0.05, 0) is 48.7 Å². The first-order valence-electron chi connectivity index (χ1n) is 10.1. The number of rotatable bonds is 6. The summed E-state index contributed by atoms with van der Waals surface area (Å²) in [7, 11) is -2.58. The Morgan fingerprint density at radius 3 is 2.48 bits per heavy atom. The Morgan fingerprint density at radius 1 is 1.15 bits per heavy atom. The van der Waals surface area contributed by atoms with Crippen LogP contribution in [0.1, 0.15) is 24.0 Å².